The number of hydrogen-bond donors (Lipinski definition) is 0. The molecule has 0 aliphatic carbocycles. The van der Waals surface area contributed by atoms with Crippen LogP contribution in [0.25, 0.3) is 0 Å². The predicted octanol–water partition coefficient (Wildman–Crippen LogP) is 4.98. The summed E-state index contributed by atoms with van der Waals surface area (Å²) in [6, 6.07) is 0.485. The Hall–Kier alpha value is -1.72. The molecule has 2 atom stereocenters. The van der Waals surface area contributed by atoms with Gasteiger partial charge in [-0.2, -0.15) is 0 Å². The average molecular weight is 255 g/mol. The SMILES string of the molecule is C=CC1C=C(C)N(/C(C=C=C/C=C\C)=C/C)C(C)C1. The van der Waals surface area contributed by atoms with Crippen LogP contribution >= 0.6 is 0 Å². The molecule has 0 radical (unpaired) electrons. The summed E-state index contributed by atoms with van der Waals surface area (Å²) in [5, 5.41) is 0. The molecular weight excluding hydrogens is 230 g/mol. The van der Waals surface area contributed by atoms with Gasteiger partial charge in [-0.1, -0.05) is 30.4 Å². The van der Waals surface area contributed by atoms with E-state index in [-0.39, 0.29) is 0 Å². The maximum atomic E-state index is 3.90. The monoisotopic (exact) mass is 255 g/mol. The molecule has 0 spiro atoms. The minimum atomic E-state index is 0.485. The Morgan fingerprint density at radius 3 is 2.74 bits per heavy atom. The summed E-state index contributed by atoms with van der Waals surface area (Å²) in [4.78, 5) is 2.37. The second kappa shape index (κ2) is 7.66. The van der Waals surface area contributed by atoms with Crippen LogP contribution < -0.4 is 0 Å². The Labute approximate surface area is 118 Å². The fourth-order valence-electron chi connectivity index (χ4n) is 2.50. The summed E-state index contributed by atoms with van der Waals surface area (Å²) in [6.45, 7) is 12.4. The van der Waals surface area contributed by atoms with Crippen LogP contribution in [0.5, 0.6) is 0 Å². The van der Waals surface area contributed by atoms with E-state index in [2.05, 4.69) is 50.1 Å². The van der Waals surface area contributed by atoms with Crippen LogP contribution in [0.1, 0.15) is 34.1 Å². The van der Waals surface area contributed by atoms with E-state index in [9.17, 15) is 0 Å². The maximum Gasteiger partial charge on any atom is 0.0445 e. The summed E-state index contributed by atoms with van der Waals surface area (Å²) in [5.74, 6) is 0.493. The number of allylic oxidation sites excluding steroid dienone is 7. The quantitative estimate of drug-likeness (QED) is 0.389. The third-order valence-electron chi connectivity index (χ3n) is 3.38. The third kappa shape index (κ3) is 4.15. The van der Waals surface area contributed by atoms with E-state index in [0.717, 1.165) is 6.42 Å². The Morgan fingerprint density at radius 2 is 2.21 bits per heavy atom. The summed E-state index contributed by atoms with van der Waals surface area (Å²) in [5.41, 5.74) is 5.70. The molecular formula is C18H25N. The van der Waals surface area contributed by atoms with Gasteiger partial charge in [-0.05, 0) is 46.1 Å². The Morgan fingerprint density at radius 1 is 1.47 bits per heavy atom. The van der Waals surface area contributed by atoms with E-state index >= 15 is 0 Å². The fourth-order valence-corrected chi connectivity index (χ4v) is 2.50. The molecule has 0 bridgehead atoms. The highest BCUT2D eigenvalue weighted by Gasteiger charge is 2.23. The first-order chi connectivity index (χ1) is 9.13. The van der Waals surface area contributed by atoms with Crippen molar-refractivity contribution in [3.05, 3.63) is 66.2 Å². The van der Waals surface area contributed by atoms with E-state index < -0.39 is 0 Å². The van der Waals surface area contributed by atoms with Crippen LogP contribution in [-0.2, 0) is 0 Å². The zero-order valence-electron chi connectivity index (χ0n) is 12.6. The van der Waals surface area contributed by atoms with Crippen molar-refractivity contribution in [2.75, 3.05) is 0 Å². The van der Waals surface area contributed by atoms with Crippen LogP contribution in [0.3, 0.4) is 0 Å². The van der Waals surface area contributed by atoms with Crippen molar-refractivity contribution in [3.8, 4) is 0 Å². The molecule has 0 saturated heterocycles. The normalized spacial score (nSPS) is 23.9. The minimum Gasteiger partial charge on any atom is -0.343 e. The average Bonchev–Trinajstić information content (AvgIpc) is 2.40. The number of rotatable bonds is 4. The smallest absolute Gasteiger partial charge is 0.0445 e. The zero-order chi connectivity index (χ0) is 14.3. The molecule has 102 valence electrons. The van der Waals surface area contributed by atoms with Gasteiger partial charge in [-0.25, -0.2) is 0 Å². The van der Waals surface area contributed by atoms with Gasteiger partial charge in [0.1, 0.15) is 0 Å². The molecule has 0 N–H and O–H groups in total. The first-order valence-corrected chi connectivity index (χ1v) is 6.94. The first-order valence-electron chi connectivity index (χ1n) is 6.94. The number of nitrogens with zero attached hydrogens (tertiary/aromatic N) is 1. The van der Waals surface area contributed by atoms with Gasteiger partial charge in [0, 0.05) is 23.5 Å². The first kappa shape index (κ1) is 15.3. The molecule has 1 rings (SSSR count). The van der Waals surface area contributed by atoms with Crippen molar-refractivity contribution < 1.29 is 0 Å². The van der Waals surface area contributed by atoms with Gasteiger partial charge >= 0.3 is 0 Å². The van der Waals surface area contributed by atoms with Crippen molar-refractivity contribution in [2.45, 2.75) is 40.2 Å². The molecule has 0 aromatic heterocycles. The van der Waals surface area contributed by atoms with Crippen LogP contribution in [-0.4, -0.2) is 10.9 Å². The van der Waals surface area contributed by atoms with Crippen LogP contribution in [0, 0.1) is 5.92 Å². The Kier molecular flexibility index (Phi) is 6.18. The van der Waals surface area contributed by atoms with Gasteiger partial charge in [-0.15, -0.1) is 12.3 Å². The zero-order valence-corrected chi connectivity index (χ0v) is 12.6. The predicted molar refractivity (Wildman–Crippen MR) is 84.6 cm³/mol. The molecule has 1 aliphatic rings. The largest absolute Gasteiger partial charge is 0.343 e. The summed E-state index contributed by atoms with van der Waals surface area (Å²) in [6.07, 6.45) is 15.5. The van der Waals surface area contributed by atoms with Crippen molar-refractivity contribution in [1.82, 2.24) is 4.90 Å². The Bertz CT molecular complexity index is 456. The topological polar surface area (TPSA) is 3.24 Å². The van der Waals surface area contributed by atoms with Gasteiger partial charge < -0.3 is 4.90 Å². The molecule has 1 heteroatoms. The molecule has 0 saturated carbocycles. The van der Waals surface area contributed by atoms with Crippen LogP contribution in [0.2, 0.25) is 0 Å². The molecule has 0 aromatic carbocycles. The molecule has 1 nitrogen and oxygen atoms in total. The van der Waals surface area contributed by atoms with Crippen LogP contribution in [0.15, 0.2) is 66.2 Å². The highest BCUT2D eigenvalue weighted by Crippen LogP contribution is 2.29. The fraction of sp³-hybridized carbons (Fsp3) is 0.389. The van der Waals surface area contributed by atoms with E-state index in [1.54, 1.807) is 0 Å². The molecule has 0 fully saturated rings. The van der Waals surface area contributed by atoms with Gasteiger partial charge in [0.25, 0.3) is 0 Å². The summed E-state index contributed by atoms with van der Waals surface area (Å²) >= 11 is 0. The highest BCUT2D eigenvalue weighted by atomic mass is 15.2. The van der Waals surface area contributed by atoms with E-state index in [0.29, 0.717) is 12.0 Å². The number of hydrogen-bond acceptors (Lipinski definition) is 1. The maximum absolute atomic E-state index is 3.90. The second-order valence-corrected chi connectivity index (χ2v) is 4.88. The van der Waals surface area contributed by atoms with Gasteiger partial charge in [0.15, 0.2) is 0 Å². The standard InChI is InChI=1S/C18H25N/c1-6-9-10-11-12-18(8-3)19-15(4)13-17(7-2)14-16(19)5/h6-10,12-13,16-17H,2,14H2,1,3-5H3/b9-6-,18-8+. The minimum absolute atomic E-state index is 0.485. The second-order valence-electron chi connectivity index (χ2n) is 4.88. The molecule has 0 amide bonds. The summed E-state index contributed by atoms with van der Waals surface area (Å²) in [7, 11) is 0. The van der Waals surface area contributed by atoms with Crippen LogP contribution in [0.4, 0.5) is 0 Å². The molecule has 1 heterocycles. The lowest BCUT2D eigenvalue weighted by molar-refractivity contribution is 0.288. The van der Waals surface area contributed by atoms with Gasteiger partial charge in [0.05, 0.1) is 0 Å². The van der Waals surface area contributed by atoms with Crippen molar-refractivity contribution in [3.63, 3.8) is 0 Å². The molecule has 0 aromatic rings. The molecule has 2 unspecified atom stereocenters. The Balaban J connectivity index is 2.99. The molecule has 1 aliphatic heterocycles. The van der Waals surface area contributed by atoms with E-state index in [1.807, 2.05) is 37.3 Å². The summed E-state index contributed by atoms with van der Waals surface area (Å²) < 4.78 is 0. The molecule has 19 heavy (non-hydrogen) atoms. The van der Waals surface area contributed by atoms with E-state index in [1.165, 1.54) is 11.4 Å². The lowest BCUT2D eigenvalue weighted by Crippen LogP contribution is -2.35. The van der Waals surface area contributed by atoms with E-state index in [4.69, 9.17) is 0 Å². The highest BCUT2D eigenvalue weighted by molar-refractivity contribution is 5.26. The van der Waals surface area contributed by atoms with Crippen molar-refractivity contribution in [2.24, 2.45) is 5.92 Å². The van der Waals surface area contributed by atoms with Gasteiger partial charge in [0.2, 0.25) is 0 Å². The van der Waals surface area contributed by atoms with Crippen molar-refractivity contribution in [1.29, 1.82) is 0 Å². The van der Waals surface area contributed by atoms with Crippen molar-refractivity contribution >= 4 is 0 Å². The third-order valence-corrected chi connectivity index (χ3v) is 3.38. The lowest BCUT2D eigenvalue weighted by Gasteiger charge is -2.38. The van der Waals surface area contributed by atoms with Gasteiger partial charge in [-0.3, -0.25) is 0 Å². The lowest BCUT2D eigenvalue weighted by atomic mass is 9.93.